The highest BCUT2D eigenvalue weighted by molar-refractivity contribution is 6.03. The summed E-state index contributed by atoms with van der Waals surface area (Å²) in [6, 6.07) is 12.6. The number of aromatic nitrogens is 4. The zero-order valence-electron chi connectivity index (χ0n) is 17.7. The van der Waals surface area contributed by atoms with E-state index in [4.69, 9.17) is 0 Å². The van der Waals surface area contributed by atoms with E-state index in [2.05, 4.69) is 20.4 Å². The molecule has 0 radical (unpaired) electrons. The molecule has 0 saturated carbocycles. The molecule has 33 heavy (non-hydrogen) atoms. The zero-order valence-corrected chi connectivity index (χ0v) is 17.7. The Morgan fingerprint density at radius 1 is 0.909 bits per heavy atom. The first-order valence-electron chi connectivity index (χ1n) is 10.7. The first kappa shape index (κ1) is 20.7. The number of nitrogens with zero attached hydrogens (tertiary/aromatic N) is 5. The van der Waals surface area contributed by atoms with Crippen molar-refractivity contribution in [2.45, 2.75) is 18.9 Å². The molecule has 0 atom stereocenters. The SMILES string of the molecule is O=C(Nc1ccnn1C1CCN(C(=O)c2ccc3nccnc3c2)CC1)c1cccc(F)c1. The fourth-order valence-electron chi connectivity index (χ4n) is 4.11. The van der Waals surface area contributed by atoms with Crippen LogP contribution in [-0.4, -0.2) is 49.6 Å². The molecule has 0 bridgehead atoms. The molecule has 2 aromatic carbocycles. The smallest absolute Gasteiger partial charge is 0.256 e. The maximum absolute atomic E-state index is 13.4. The number of piperidine rings is 1. The lowest BCUT2D eigenvalue weighted by Gasteiger charge is -2.32. The van der Waals surface area contributed by atoms with Gasteiger partial charge in [-0.05, 0) is 49.2 Å². The van der Waals surface area contributed by atoms with Gasteiger partial charge in [0.2, 0.25) is 0 Å². The van der Waals surface area contributed by atoms with E-state index in [0.717, 1.165) is 5.52 Å². The number of fused-ring (bicyclic) bond motifs is 1. The number of benzene rings is 2. The third-order valence-corrected chi connectivity index (χ3v) is 5.81. The van der Waals surface area contributed by atoms with E-state index in [0.29, 0.717) is 42.8 Å². The first-order valence-corrected chi connectivity index (χ1v) is 10.7. The molecule has 166 valence electrons. The second-order valence-corrected chi connectivity index (χ2v) is 7.91. The molecule has 3 heterocycles. The number of carbonyl (C=O) groups is 2. The number of likely N-dealkylation sites (tertiary alicyclic amines) is 1. The average molecular weight is 444 g/mol. The van der Waals surface area contributed by atoms with Crippen molar-refractivity contribution < 1.29 is 14.0 Å². The fraction of sp³-hybridized carbons (Fsp3) is 0.208. The van der Waals surface area contributed by atoms with Crippen LogP contribution in [0.4, 0.5) is 10.2 Å². The normalized spacial score (nSPS) is 14.4. The Bertz CT molecular complexity index is 1330. The molecular formula is C24H21FN6O2. The van der Waals surface area contributed by atoms with Gasteiger partial charge in [-0.1, -0.05) is 6.07 Å². The van der Waals surface area contributed by atoms with Gasteiger partial charge in [-0.15, -0.1) is 0 Å². The molecular weight excluding hydrogens is 423 g/mol. The molecule has 1 aliphatic heterocycles. The minimum absolute atomic E-state index is 0.0364. The Morgan fingerprint density at radius 2 is 1.70 bits per heavy atom. The Morgan fingerprint density at radius 3 is 2.48 bits per heavy atom. The van der Waals surface area contributed by atoms with E-state index < -0.39 is 11.7 Å². The minimum Gasteiger partial charge on any atom is -0.338 e. The molecule has 1 N–H and O–H groups in total. The van der Waals surface area contributed by atoms with Gasteiger partial charge in [0.25, 0.3) is 11.8 Å². The third kappa shape index (κ3) is 4.30. The minimum atomic E-state index is -0.466. The van der Waals surface area contributed by atoms with Crippen LogP contribution in [0.3, 0.4) is 0 Å². The summed E-state index contributed by atoms with van der Waals surface area (Å²) in [7, 11) is 0. The maximum atomic E-state index is 13.4. The summed E-state index contributed by atoms with van der Waals surface area (Å²) in [5.41, 5.74) is 2.26. The molecule has 5 rings (SSSR count). The van der Waals surface area contributed by atoms with E-state index in [9.17, 15) is 14.0 Å². The number of amides is 2. The highest BCUT2D eigenvalue weighted by Gasteiger charge is 2.26. The molecule has 8 nitrogen and oxygen atoms in total. The Balaban J connectivity index is 1.24. The van der Waals surface area contributed by atoms with Crippen LogP contribution in [-0.2, 0) is 0 Å². The Kier molecular flexibility index (Phi) is 5.52. The molecule has 1 fully saturated rings. The summed E-state index contributed by atoms with van der Waals surface area (Å²) in [5, 5.41) is 7.19. The number of hydrogen-bond donors (Lipinski definition) is 1. The predicted octanol–water partition coefficient (Wildman–Crippen LogP) is 3.70. The standard InChI is InChI=1S/C24H21FN6O2/c25-18-3-1-2-16(14-18)23(32)29-22-6-9-28-31(22)19-7-12-30(13-8-19)24(33)17-4-5-20-21(15-17)27-11-10-26-20/h1-6,9-11,14-15,19H,7-8,12-13H2,(H,29,32). The van der Waals surface area contributed by atoms with Gasteiger partial charge >= 0.3 is 0 Å². The van der Waals surface area contributed by atoms with Crippen LogP contribution in [0.5, 0.6) is 0 Å². The number of nitrogens with one attached hydrogen (secondary N) is 1. The molecule has 1 saturated heterocycles. The van der Waals surface area contributed by atoms with Crippen LogP contribution >= 0.6 is 0 Å². The monoisotopic (exact) mass is 444 g/mol. The summed E-state index contributed by atoms with van der Waals surface area (Å²) in [6.45, 7) is 1.14. The Hall–Kier alpha value is -4.14. The summed E-state index contributed by atoms with van der Waals surface area (Å²) < 4.78 is 15.2. The molecule has 9 heteroatoms. The number of halogens is 1. The van der Waals surface area contributed by atoms with Crippen LogP contribution in [0.15, 0.2) is 67.1 Å². The summed E-state index contributed by atoms with van der Waals surface area (Å²) in [5.74, 6) is -0.363. The largest absolute Gasteiger partial charge is 0.338 e. The lowest BCUT2D eigenvalue weighted by atomic mass is 10.0. The fourth-order valence-corrected chi connectivity index (χ4v) is 4.11. The summed E-state index contributed by atoms with van der Waals surface area (Å²) >= 11 is 0. The highest BCUT2D eigenvalue weighted by atomic mass is 19.1. The first-order chi connectivity index (χ1) is 16.1. The molecule has 4 aromatic rings. The van der Waals surface area contributed by atoms with Crippen LogP contribution in [0.25, 0.3) is 11.0 Å². The number of rotatable bonds is 4. The average Bonchev–Trinajstić information content (AvgIpc) is 3.31. The van der Waals surface area contributed by atoms with Gasteiger partial charge in [0.05, 0.1) is 23.3 Å². The lowest BCUT2D eigenvalue weighted by molar-refractivity contribution is 0.0691. The van der Waals surface area contributed by atoms with Crippen molar-refractivity contribution in [3.05, 3.63) is 84.1 Å². The Labute approximate surface area is 189 Å². The van der Waals surface area contributed by atoms with Crippen molar-refractivity contribution in [3.8, 4) is 0 Å². The van der Waals surface area contributed by atoms with Gasteiger partial charge in [-0.25, -0.2) is 9.07 Å². The van der Waals surface area contributed by atoms with Gasteiger partial charge in [0.1, 0.15) is 11.6 Å². The van der Waals surface area contributed by atoms with Crippen LogP contribution < -0.4 is 5.32 Å². The summed E-state index contributed by atoms with van der Waals surface area (Å²) in [4.78, 5) is 35.8. The van der Waals surface area contributed by atoms with Gasteiger partial charge in [0, 0.05) is 42.7 Å². The lowest BCUT2D eigenvalue weighted by Crippen LogP contribution is -2.39. The van der Waals surface area contributed by atoms with Gasteiger partial charge in [0.15, 0.2) is 0 Å². The molecule has 0 spiro atoms. The van der Waals surface area contributed by atoms with E-state index in [1.807, 2.05) is 4.90 Å². The number of anilines is 1. The quantitative estimate of drug-likeness (QED) is 0.518. The van der Waals surface area contributed by atoms with Crippen molar-refractivity contribution in [1.29, 1.82) is 0 Å². The molecule has 2 aromatic heterocycles. The van der Waals surface area contributed by atoms with E-state index in [-0.39, 0.29) is 17.5 Å². The van der Waals surface area contributed by atoms with Crippen molar-refractivity contribution in [2.75, 3.05) is 18.4 Å². The van der Waals surface area contributed by atoms with Crippen LogP contribution in [0.2, 0.25) is 0 Å². The van der Waals surface area contributed by atoms with E-state index in [1.54, 1.807) is 53.6 Å². The van der Waals surface area contributed by atoms with Gasteiger partial charge in [-0.2, -0.15) is 5.10 Å². The van der Waals surface area contributed by atoms with E-state index in [1.165, 1.54) is 18.2 Å². The highest BCUT2D eigenvalue weighted by Crippen LogP contribution is 2.27. The second-order valence-electron chi connectivity index (χ2n) is 7.91. The predicted molar refractivity (Wildman–Crippen MR) is 120 cm³/mol. The van der Waals surface area contributed by atoms with E-state index >= 15 is 0 Å². The zero-order chi connectivity index (χ0) is 22.8. The van der Waals surface area contributed by atoms with Gasteiger partial charge < -0.3 is 10.2 Å². The second kappa shape index (κ2) is 8.78. The maximum Gasteiger partial charge on any atom is 0.256 e. The van der Waals surface area contributed by atoms with Crippen molar-refractivity contribution >= 4 is 28.7 Å². The van der Waals surface area contributed by atoms with Crippen molar-refractivity contribution in [2.24, 2.45) is 0 Å². The topological polar surface area (TPSA) is 93.0 Å². The van der Waals surface area contributed by atoms with Gasteiger partial charge in [-0.3, -0.25) is 19.6 Å². The number of carbonyl (C=O) groups excluding carboxylic acids is 2. The van der Waals surface area contributed by atoms with Crippen molar-refractivity contribution in [3.63, 3.8) is 0 Å². The van der Waals surface area contributed by atoms with Crippen LogP contribution in [0, 0.1) is 5.82 Å². The summed E-state index contributed by atoms with van der Waals surface area (Å²) in [6.07, 6.45) is 6.25. The molecule has 0 unspecified atom stereocenters. The van der Waals surface area contributed by atoms with Crippen LogP contribution in [0.1, 0.15) is 39.6 Å². The third-order valence-electron chi connectivity index (χ3n) is 5.81. The molecule has 0 aliphatic carbocycles. The molecule has 1 aliphatic rings. The number of hydrogen-bond acceptors (Lipinski definition) is 5. The van der Waals surface area contributed by atoms with Crippen molar-refractivity contribution in [1.82, 2.24) is 24.6 Å². The molecule has 2 amide bonds.